The van der Waals surface area contributed by atoms with Crippen molar-refractivity contribution in [3.63, 3.8) is 0 Å². The van der Waals surface area contributed by atoms with Crippen LogP contribution in [0, 0.1) is 0 Å². The Balaban J connectivity index is 1.72. The van der Waals surface area contributed by atoms with Gasteiger partial charge in [-0.25, -0.2) is 8.42 Å². The first-order valence-electron chi connectivity index (χ1n) is 6.75. The molecule has 0 aliphatic heterocycles. The number of fused-ring (bicyclic) bond motifs is 1. The van der Waals surface area contributed by atoms with Crippen LogP contribution in [0.2, 0.25) is 5.02 Å². The third-order valence-electron chi connectivity index (χ3n) is 3.45. The maximum absolute atomic E-state index is 12.2. The van der Waals surface area contributed by atoms with E-state index in [1.165, 1.54) is 33.9 Å². The summed E-state index contributed by atoms with van der Waals surface area (Å²) in [7, 11) is -3.94. The van der Waals surface area contributed by atoms with Crippen LogP contribution in [-0.2, 0) is 22.9 Å². The van der Waals surface area contributed by atoms with Crippen molar-refractivity contribution >= 4 is 54.8 Å². The maximum Gasteiger partial charge on any atom is 0.276 e. The molecule has 0 spiro atoms. The molecule has 9 heteroatoms. The maximum atomic E-state index is 12.2. The van der Waals surface area contributed by atoms with Crippen molar-refractivity contribution in [2.75, 3.05) is 0 Å². The van der Waals surface area contributed by atoms with Crippen LogP contribution < -0.4 is 10.3 Å². The molecule has 1 amide bonds. The fourth-order valence-corrected chi connectivity index (χ4v) is 5.39. The molecule has 1 heterocycles. The minimum absolute atomic E-state index is 0.0659. The van der Waals surface area contributed by atoms with Gasteiger partial charge >= 0.3 is 0 Å². The van der Waals surface area contributed by atoms with Crippen LogP contribution in [0.15, 0.2) is 33.6 Å². The monoisotopic (exact) mass is 434 g/mol. The molecule has 0 radical (unpaired) electrons. The molecule has 1 aromatic carbocycles. The van der Waals surface area contributed by atoms with Crippen LogP contribution in [0.4, 0.5) is 0 Å². The number of benzene rings is 1. The topological polar surface area (TPSA) is 75.3 Å². The lowest BCUT2D eigenvalue weighted by Crippen LogP contribution is -2.41. The van der Waals surface area contributed by atoms with E-state index in [1.807, 2.05) is 6.07 Å². The van der Waals surface area contributed by atoms with Crippen LogP contribution in [0.3, 0.4) is 0 Å². The molecule has 0 fully saturated rings. The number of thiophene rings is 1. The zero-order valence-corrected chi connectivity index (χ0v) is 15.7. The second-order valence-corrected chi connectivity index (χ2v) is 9.16. The third-order valence-corrected chi connectivity index (χ3v) is 6.91. The molecule has 2 aromatic rings. The number of hydrogen-bond donors (Lipinski definition) is 2. The van der Waals surface area contributed by atoms with E-state index >= 15 is 0 Å². The fraction of sp³-hybridized carbons (Fsp3) is 0.214. The summed E-state index contributed by atoms with van der Waals surface area (Å²) >= 11 is 10.5. The summed E-state index contributed by atoms with van der Waals surface area (Å²) in [5.41, 5.74) is 3.41. The molecular weight excluding hydrogens is 424 g/mol. The van der Waals surface area contributed by atoms with Gasteiger partial charge in [0, 0.05) is 9.35 Å². The summed E-state index contributed by atoms with van der Waals surface area (Å²) in [5, 5.41) is 0.0659. The van der Waals surface area contributed by atoms with Gasteiger partial charge in [-0.3, -0.25) is 10.2 Å². The summed E-state index contributed by atoms with van der Waals surface area (Å²) in [4.78, 5) is 15.8. The quantitative estimate of drug-likeness (QED) is 0.724. The molecule has 0 saturated carbocycles. The Labute approximate surface area is 151 Å². The molecule has 1 aliphatic carbocycles. The number of hydrogen-bond acceptors (Lipinski definition) is 4. The number of sulfonamides is 1. The summed E-state index contributed by atoms with van der Waals surface area (Å²) in [5.74, 6) is -0.471. The summed E-state index contributed by atoms with van der Waals surface area (Å²) in [6, 6.07) is 6.22. The van der Waals surface area contributed by atoms with E-state index in [2.05, 4.69) is 26.2 Å². The van der Waals surface area contributed by atoms with E-state index < -0.39 is 15.9 Å². The Morgan fingerprint density at radius 1 is 1.26 bits per heavy atom. The average molecular weight is 436 g/mol. The second-order valence-electron chi connectivity index (χ2n) is 5.05. The second kappa shape index (κ2) is 6.52. The highest BCUT2D eigenvalue weighted by atomic mass is 79.9. The molecule has 1 aromatic heterocycles. The summed E-state index contributed by atoms with van der Waals surface area (Å²) in [6.45, 7) is 0. The predicted molar refractivity (Wildman–Crippen MR) is 93.3 cm³/mol. The molecule has 0 unspecified atom stereocenters. The third kappa shape index (κ3) is 3.61. The molecule has 2 N–H and O–H groups in total. The van der Waals surface area contributed by atoms with Gasteiger partial charge in [-0.15, -0.1) is 16.2 Å². The molecule has 23 heavy (non-hydrogen) atoms. The van der Waals surface area contributed by atoms with Gasteiger partial charge in [0.1, 0.15) is 4.90 Å². The first kappa shape index (κ1) is 16.9. The van der Waals surface area contributed by atoms with E-state index in [1.54, 1.807) is 6.07 Å². The molecular formula is C14H12BrClN2O3S2. The van der Waals surface area contributed by atoms with Crippen molar-refractivity contribution in [1.29, 1.82) is 0 Å². The van der Waals surface area contributed by atoms with Gasteiger partial charge in [0.05, 0.1) is 9.90 Å². The average Bonchev–Trinajstić information content (AvgIpc) is 3.05. The summed E-state index contributed by atoms with van der Waals surface area (Å²) in [6.07, 6.45) is 3.06. The molecule has 0 saturated heterocycles. The lowest BCUT2D eigenvalue weighted by Gasteiger charge is -2.09. The number of carbonyl (C=O) groups excluding carboxylic acids is 1. The standard InChI is InChI=1S/C14H12BrClN2O3S2/c15-9-4-5-13(10(16)7-9)23(20,21)18-17-14(19)12-6-8-2-1-3-11(8)22-12/h4-7,18H,1-3H2,(H,17,19). The lowest BCUT2D eigenvalue weighted by atomic mass is 10.2. The lowest BCUT2D eigenvalue weighted by molar-refractivity contribution is 0.0949. The predicted octanol–water partition coefficient (Wildman–Crippen LogP) is 3.28. The van der Waals surface area contributed by atoms with E-state index in [0.717, 1.165) is 19.3 Å². The molecule has 122 valence electrons. The van der Waals surface area contributed by atoms with Gasteiger partial charge in [-0.2, -0.15) is 0 Å². The SMILES string of the molecule is O=C(NNS(=O)(=O)c1ccc(Br)cc1Cl)c1cc2c(s1)CCC2. The van der Waals surface area contributed by atoms with E-state index in [0.29, 0.717) is 9.35 Å². The zero-order chi connectivity index (χ0) is 16.6. The number of aryl methyl sites for hydroxylation is 2. The van der Waals surface area contributed by atoms with Crippen LogP contribution in [0.5, 0.6) is 0 Å². The van der Waals surface area contributed by atoms with Crippen molar-refractivity contribution in [3.05, 3.63) is 49.1 Å². The highest BCUT2D eigenvalue weighted by Gasteiger charge is 2.22. The van der Waals surface area contributed by atoms with Crippen molar-refractivity contribution in [3.8, 4) is 0 Å². The van der Waals surface area contributed by atoms with Crippen molar-refractivity contribution in [1.82, 2.24) is 10.3 Å². The first-order valence-corrected chi connectivity index (χ1v) is 10.2. The molecule has 5 nitrogen and oxygen atoms in total. The van der Waals surface area contributed by atoms with E-state index in [-0.39, 0.29) is 9.92 Å². The van der Waals surface area contributed by atoms with Gasteiger partial charge < -0.3 is 0 Å². The van der Waals surface area contributed by atoms with Crippen LogP contribution in [0.25, 0.3) is 0 Å². The van der Waals surface area contributed by atoms with Gasteiger partial charge in [-0.05, 0) is 49.1 Å². The van der Waals surface area contributed by atoms with E-state index in [9.17, 15) is 13.2 Å². The molecule has 3 rings (SSSR count). The number of carbonyl (C=O) groups is 1. The number of hydrazine groups is 1. The Bertz CT molecular complexity index is 859. The largest absolute Gasteiger partial charge is 0.276 e. The number of halogens is 2. The fourth-order valence-electron chi connectivity index (χ4n) is 2.36. The normalized spacial score (nSPS) is 13.8. The Kier molecular flexibility index (Phi) is 4.80. The highest BCUT2D eigenvalue weighted by molar-refractivity contribution is 9.10. The zero-order valence-electron chi connectivity index (χ0n) is 11.7. The molecule has 0 bridgehead atoms. The number of nitrogens with one attached hydrogen (secondary N) is 2. The van der Waals surface area contributed by atoms with Crippen LogP contribution >= 0.6 is 38.9 Å². The molecule has 1 aliphatic rings. The van der Waals surface area contributed by atoms with Gasteiger partial charge in [0.2, 0.25) is 0 Å². The number of amides is 1. The number of rotatable bonds is 4. The van der Waals surface area contributed by atoms with E-state index in [4.69, 9.17) is 11.6 Å². The first-order chi connectivity index (χ1) is 10.9. The summed E-state index contributed by atoms with van der Waals surface area (Å²) < 4.78 is 25.1. The van der Waals surface area contributed by atoms with Gasteiger partial charge in [0.15, 0.2) is 0 Å². The minimum atomic E-state index is -3.94. The Hall–Kier alpha value is -0.930. The smallest absolute Gasteiger partial charge is 0.273 e. The van der Waals surface area contributed by atoms with Crippen molar-refractivity contribution in [2.45, 2.75) is 24.2 Å². The van der Waals surface area contributed by atoms with Crippen LogP contribution in [-0.4, -0.2) is 14.3 Å². The minimum Gasteiger partial charge on any atom is -0.273 e. The van der Waals surface area contributed by atoms with Gasteiger partial charge in [0.25, 0.3) is 15.9 Å². The Morgan fingerprint density at radius 3 is 2.74 bits per heavy atom. The van der Waals surface area contributed by atoms with Crippen LogP contribution in [0.1, 0.15) is 26.5 Å². The Morgan fingerprint density at radius 2 is 2.04 bits per heavy atom. The van der Waals surface area contributed by atoms with Crippen molar-refractivity contribution in [2.24, 2.45) is 0 Å². The highest BCUT2D eigenvalue weighted by Crippen LogP contribution is 2.30. The molecule has 0 atom stereocenters. The van der Waals surface area contributed by atoms with Gasteiger partial charge in [-0.1, -0.05) is 27.5 Å². The van der Waals surface area contributed by atoms with Crippen molar-refractivity contribution < 1.29 is 13.2 Å².